The Kier molecular flexibility index (Phi) is 15.0. The van der Waals surface area contributed by atoms with Gasteiger partial charge in [-0.1, -0.05) is 20.8 Å². The third-order valence-corrected chi connectivity index (χ3v) is 15.1. The highest BCUT2D eigenvalue weighted by Crippen LogP contribution is 2.68. The molecule has 0 aromatic carbocycles. The molecule has 5 fully saturated rings. The monoisotopic (exact) mass is 780 g/mol. The molecule has 5 aliphatic rings. The number of carbonyl (C=O) groups excluding carboxylic acids is 1. The van der Waals surface area contributed by atoms with Crippen LogP contribution in [0.25, 0.3) is 0 Å². The van der Waals surface area contributed by atoms with Crippen molar-refractivity contribution < 1.29 is 49.8 Å². The predicted molar refractivity (Wildman–Crippen MR) is 204 cm³/mol. The minimum Gasteiger partial charge on any atom is -0.480 e. The maximum absolute atomic E-state index is 13.2. The first-order valence-electron chi connectivity index (χ1n) is 20.9. The van der Waals surface area contributed by atoms with Crippen molar-refractivity contribution in [1.29, 1.82) is 0 Å². The normalized spacial score (nSPS) is 37.7. The lowest BCUT2D eigenvalue weighted by Gasteiger charge is -2.63. The van der Waals surface area contributed by atoms with Crippen LogP contribution in [0.15, 0.2) is 0 Å². The first kappa shape index (κ1) is 43.7. The Hall–Kier alpha value is -2.40. The molecule has 4 aliphatic carbocycles. The molecule has 1 aliphatic heterocycles. The van der Waals surface area contributed by atoms with Crippen LogP contribution in [0.5, 0.6) is 0 Å². The van der Waals surface area contributed by atoms with Crippen LogP contribution < -0.4 is 5.32 Å². The maximum Gasteiger partial charge on any atom is 0.317 e. The molecule has 0 spiro atoms. The predicted octanol–water partition coefficient (Wildman–Crippen LogP) is 0.956. The first-order valence-corrected chi connectivity index (χ1v) is 20.9. The van der Waals surface area contributed by atoms with E-state index < -0.39 is 30.1 Å². The van der Waals surface area contributed by atoms with Gasteiger partial charge in [0, 0.05) is 58.9 Å². The van der Waals surface area contributed by atoms with Crippen LogP contribution in [-0.2, 0) is 19.2 Å². The van der Waals surface area contributed by atoms with E-state index in [1.54, 1.807) is 14.7 Å². The van der Waals surface area contributed by atoms with Crippen molar-refractivity contribution in [2.45, 2.75) is 96.9 Å². The summed E-state index contributed by atoms with van der Waals surface area (Å²) in [6.45, 7) is 9.55. The van der Waals surface area contributed by atoms with Gasteiger partial charge in [-0.05, 0) is 104 Å². The Morgan fingerprint density at radius 1 is 0.691 bits per heavy atom. The number of aliphatic hydroxyl groups is 3. The van der Waals surface area contributed by atoms with Crippen LogP contribution in [0.1, 0.15) is 78.6 Å². The van der Waals surface area contributed by atoms with Gasteiger partial charge >= 0.3 is 17.9 Å². The number of hydrogen-bond donors (Lipinski definition) is 7. The lowest BCUT2D eigenvalue weighted by Crippen LogP contribution is -2.62. The van der Waals surface area contributed by atoms with Crippen LogP contribution in [-0.4, -0.2) is 177 Å². The summed E-state index contributed by atoms with van der Waals surface area (Å²) in [7, 11) is 0. The molecule has 7 N–H and O–H groups in total. The molecule has 4 saturated carbocycles. The number of fused-ring (bicyclic) bond motifs is 5. The largest absolute Gasteiger partial charge is 0.480 e. The fraction of sp³-hybridized carbons (Fsp3) is 0.900. The number of rotatable bonds is 13. The van der Waals surface area contributed by atoms with Gasteiger partial charge < -0.3 is 36.0 Å². The minimum absolute atomic E-state index is 0.0398. The van der Waals surface area contributed by atoms with Crippen molar-refractivity contribution in [3.8, 4) is 0 Å². The molecule has 5 rings (SSSR count). The summed E-state index contributed by atoms with van der Waals surface area (Å²) >= 11 is 0. The summed E-state index contributed by atoms with van der Waals surface area (Å²) in [5, 5.41) is 65.4. The van der Waals surface area contributed by atoms with Crippen molar-refractivity contribution in [3.63, 3.8) is 0 Å². The first-order chi connectivity index (χ1) is 26.0. The van der Waals surface area contributed by atoms with E-state index in [1.807, 2.05) is 4.90 Å². The Balaban J connectivity index is 1.14. The number of carboxylic acid groups (broad SMARTS) is 3. The average molecular weight is 780 g/mol. The zero-order valence-electron chi connectivity index (χ0n) is 33.4. The Bertz CT molecular complexity index is 1310. The van der Waals surface area contributed by atoms with Gasteiger partial charge in [0.2, 0.25) is 5.91 Å². The lowest BCUT2D eigenvalue weighted by atomic mass is 9.43. The summed E-state index contributed by atoms with van der Waals surface area (Å²) in [5.41, 5.74) is -0.237. The van der Waals surface area contributed by atoms with Crippen LogP contribution in [0.4, 0.5) is 0 Å². The Labute approximate surface area is 326 Å². The summed E-state index contributed by atoms with van der Waals surface area (Å²) in [6, 6.07) is 0. The number of nitrogens with zero attached hydrogens (tertiary/aromatic N) is 4. The van der Waals surface area contributed by atoms with Gasteiger partial charge in [0.15, 0.2) is 0 Å². The van der Waals surface area contributed by atoms with Crippen molar-refractivity contribution in [3.05, 3.63) is 0 Å². The van der Waals surface area contributed by atoms with Gasteiger partial charge in [-0.25, -0.2) is 0 Å². The Morgan fingerprint density at radius 2 is 1.20 bits per heavy atom. The van der Waals surface area contributed by atoms with E-state index in [1.165, 1.54) is 0 Å². The van der Waals surface area contributed by atoms with Gasteiger partial charge in [-0.2, -0.15) is 0 Å². The third kappa shape index (κ3) is 10.6. The highest BCUT2D eigenvalue weighted by molar-refractivity contribution is 5.78. The number of aliphatic carboxylic acids is 3. The maximum atomic E-state index is 13.2. The number of carboxylic acids is 3. The van der Waals surface area contributed by atoms with Crippen LogP contribution >= 0.6 is 0 Å². The molecule has 0 aromatic heterocycles. The van der Waals surface area contributed by atoms with Gasteiger partial charge in [-0.3, -0.25) is 38.8 Å². The van der Waals surface area contributed by atoms with E-state index in [0.29, 0.717) is 83.1 Å². The van der Waals surface area contributed by atoms with E-state index in [9.17, 15) is 49.8 Å². The number of nitrogens with one attached hydrogen (secondary N) is 1. The van der Waals surface area contributed by atoms with Crippen molar-refractivity contribution in [2.24, 2.45) is 46.3 Å². The molecule has 1 heterocycles. The van der Waals surface area contributed by atoms with Gasteiger partial charge in [0.1, 0.15) is 0 Å². The number of amides is 1. The van der Waals surface area contributed by atoms with Crippen molar-refractivity contribution in [2.75, 3.05) is 85.1 Å². The third-order valence-electron chi connectivity index (χ3n) is 15.1. The zero-order valence-corrected chi connectivity index (χ0v) is 33.4. The SMILES string of the molecule is C[C@H](CCCNC(=O)CN1CCN(CC(=O)O)CCN(CC(=O)O)CCN(CC(=O)O)CC1)[C@H]1CC[C@H]2C3[C@H](O)CC4C[C@H](O)CC[C@]4(C)[C@H]3C[C@H](O)[C@]12C. The van der Waals surface area contributed by atoms with E-state index in [4.69, 9.17) is 0 Å². The number of aliphatic hydroxyl groups excluding tert-OH is 3. The molecule has 2 unspecified atom stereocenters. The molecule has 314 valence electrons. The summed E-state index contributed by atoms with van der Waals surface area (Å²) in [4.78, 5) is 55.0. The highest BCUT2D eigenvalue weighted by atomic mass is 16.4. The van der Waals surface area contributed by atoms with Gasteiger partial charge in [0.05, 0.1) is 44.5 Å². The molecule has 0 bridgehead atoms. The second-order valence-corrected chi connectivity index (χ2v) is 18.3. The van der Waals surface area contributed by atoms with Crippen molar-refractivity contribution >= 4 is 23.8 Å². The quantitative estimate of drug-likeness (QED) is 0.130. The molecule has 15 heteroatoms. The zero-order chi connectivity index (χ0) is 40.1. The summed E-state index contributed by atoms with van der Waals surface area (Å²) in [5.74, 6) is -1.52. The molecule has 1 saturated heterocycles. The topological polar surface area (TPSA) is 215 Å². The molecular formula is C40H69N5O10. The van der Waals surface area contributed by atoms with E-state index in [-0.39, 0.29) is 66.8 Å². The second-order valence-electron chi connectivity index (χ2n) is 18.3. The van der Waals surface area contributed by atoms with E-state index in [0.717, 1.165) is 51.4 Å². The highest BCUT2D eigenvalue weighted by Gasteiger charge is 2.65. The van der Waals surface area contributed by atoms with E-state index >= 15 is 0 Å². The molecule has 1 amide bonds. The van der Waals surface area contributed by atoms with Gasteiger partial charge in [0.25, 0.3) is 0 Å². The van der Waals surface area contributed by atoms with Crippen LogP contribution in [0.2, 0.25) is 0 Å². The summed E-state index contributed by atoms with van der Waals surface area (Å²) < 4.78 is 0. The molecule has 0 aromatic rings. The fourth-order valence-corrected chi connectivity index (χ4v) is 12.0. The van der Waals surface area contributed by atoms with Gasteiger partial charge in [-0.15, -0.1) is 0 Å². The van der Waals surface area contributed by atoms with E-state index in [2.05, 4.69) is 26.1 Å². The number of carbonyl (C=O) groups is 4. The summed E-state index contributed by atoms with van der Waals surface area (Å²) in [6.07, 6.45) is 6.51. The molecule has 15 nitrogen and oxygen atoms in total. The lowest BCUT2D eigenvalue weighted by molar-refractivity contribution is -0.207. The fourth-order valence-electron chi connectivity index (χ4n) is 12.0. The second kappa shape index (κ2) is 18.9. The standard InChI is InChI=1S/C40H69N5O10/c1-26(29-6-7-30-38-31(21-33(48)40(29,30)3)39(2)9-8-28(46)19-27(39)20-32(38)47)5-4-10-41-34(49)22-42-11-13-43(23-35(50)51)15-17-45(25-37(54)55)18-16-44(14-12-42)24-36(52)53/h26-33,38,46-48H,4-25H2,1-3H3,(H,41,49)(H,50,51)(H,52,53)(H,54,55)/t26-,27?,28-,29-,30+,31+,32-,33+,38?,39+,40-/m1/s1. The van der Waals surface area contributed by atoms with Crippen molar-refractivity contribution in [1.82, 2.24) is 24.9 Å². The van der Waals surface area contributed by atoms with Crippen LogP contribution in [0, 0.1) is 46.3 Å². The number of hydrogen-bond acceptors (Lipinski definition) is 11. The smallest absolute Gasteiger partial charge is 0.317 e. The van der Waals surface area contributed by atoms with Crippen LogP contribution in [0.3, 0.4) is 0 Å². The average Bonchev–Trinajstić information content (AvgIpc) is 3.46. The Morgan fingerprint density at radius 3 is 1.71 bits per heavy atom. The molecule has 55 heavy (non-hydrogen) atoms. The minimum atomic E-state index is -1.01. The molecule has 11 atom stereocenters. The molecule has 0 radical (unpaired) electrons. The molecular weight excluding hydrogens is 710 g/mol.